The normalized spacial score (nSPS) is 20.8. The van der Waals surface area contributed by atoms with Crippen molar-refractivity contribution in [2.75, 3.05) is 58.5 Å². The minimum absolute atomic E-state index is 0.0596. The molecule has 25 heavy (non-hydrogen) atoms. The topological polar surface area (TPSA) is 66.4 Å². The fourth-order valence-electron chi connectivity index (χ4n) is 3.37. The third-order valence-corrected chi connectivity index (χ3v) is 4.55. The van der Waals surface area contributed by atoms with Crippen LogP contribution >= 0.6 is 0 Å². The number of carbonyl (C=O) groups is 1. The number of aliphatic imine (C=N–C) groups is 1. The van der Waals surface area contributed by atoms with Crippen LogP contribution in [0.1, 0.15) is 5.56 Å². The van der Waals surface area contributed by atoms with E-state index in [2.05, 4.69) is 15.2 Å². The summed E-state index contributed by atoms with van der Waals surface area (Å²) in [7, 11) is 3.46. The van der Waals surface area contributed by atoms with Crippen LogP contribution in [0.3, 0.4) is 0 Å². The number of hydrogen-bond donors (Lipinski definition) is 1. The molecule has 0 spiro atoms. The van der Waals surface area contributed by atoms with E-state index in [-0.39, 0.29) is 12.0 Å². The van der Waals surface area contributed by atoms with Gasteiger partial charge in [0.1, 0.15) is 0 Å². The number of benzene rings is 1. The number of nitrogens with zero attached hydrogens (tertiary/aromatic N) is 3. The molecule has 0 radical (unpaired) electrons. The molecule has 1 unspecified atom stereocenters. The second-order valence-electron chi connectivity index (χ2n) is 6.22. The molecule has 1 fully saturated rings. The Morgan fingerprint density at radius 1 is 1.44 bits per heavy atom. The molecule has 136 valence electrons. The maximum atomic E-state index is 12.2. The van der Waals surface area contributed by atoms with Gasteiger partial charge in [-0.3, -0.25) is 9.79 Å². The van der Waals surface area contributed by atoms with Gasteiger partial charge in [-0.25, -0.2) is 0 Å². The van der Waals surface area contributed by atoms with Crippen molar-refractivity contribution in [1.82, 2.24) is 10.2 Å². The molecule has 3 rings (SSSR count). The van der Waals surface area contributed by atoms with Gasteiger partial charge in [-0.1, -0.05) is 18.2 Å². The Kier molecular flexibility index (Phi) is 5.88. The number of rotatable bonds is 5. The lowest BCUT2D eigenvalue weighted by molar-refractivity contribution is -0.117. The smallest absolute Gasteiger partial charge is 0.231 e. The number of para-hydroxylation sites is 1. The summed E-state index contributed by atoms with van der Waals surface area (Å²) in [6, 6.07) is 7.97. The van der Waals surface area contributed by atoms with E-state index in [1.165, 1.54) is 0 Å². The number of nitrogens with one attached hydrogen (secondary N) is 1. The molecule has 1 atom stereocenters. The average Bonchev–Trinajstić information content (AvgIpc) is 2.95. The lowest BCUT2D eigenvalue weighted by atomic mass is 10.2. The van der Waals surface area contributed by atoms with Crippen LogP contribution in [0.4, 0.5) is 5.69 Å². The fourth-order valence-corrected chi connectivity index (χ4v) is 3.37. The molecular formula is C18H26N4O3. The lowest BCUT2D eigenvalue weighted by Crippen LogP contribution is -2.52. The number of hydrogen-bond acceptors (Lipinski definition) is 4. The second-order valence-corrected chi connectivity index (χ2v) is 6.22. The number of anilines is 1. The summed E-state index contributed by atoms with van der Waals surface area (Å²) in [6.45, 7) is 4.06. The van der Waals surface area contributed by atoms with Crippen LogP contribution in [0.25, 0.3) is 0 Å². The first kappa shape index (κ1) is 17.7. The Morgan fingerprint density at radius 2 is 2.28 bits per heavy atom. The maximum Gasteiger partial charge on any atom is 0.231 e. The van der Waals surface area contributed by atoms with Gasteiger partial charge >= 0.3 is 0 Å². The van der Waals surface area contributed by atoms with Crippen LogP contribution in [-0.2, 0) is 20.7 Å². The van der Waals surface area contributed by atoms with E-state index < -0.39 is 0 Å². The summed E-state index contributed by atoms with van der Waals surface area (Å²) in [4.78, 5) is 20.6. The van der Waals surface area contributed by atoms with Gasteiger partial charge < -0.3 is 24.6 Å². The number of amides is 1. The zero-order valence-electron chi connectivity index (χ0n) is 14.9. The molecule has 7 nitrogen and oxygen atoms in total. The summed E-state index contributed by atoms with van der Waals surface area (Å²) in [5.74, 6) is 0.994. The lowest BCUT2D eigenvalue weighted by Gasteiger charge is -2.35. The van der Waals surface area contributed by atoms with Crippen molar-refractivity contribution in [2.45, 2.75) is 12.5 Å². The highest BCUT2D eigenvalue weighted by Crippen LogP contribution is 2.27. The fraction of sp³-hybridized carbons (Fsp3) is 0.556. The molecule has 1 N–H and O–H groups in total. The van der Waals surface area contributed by atoms with Crippen molar-refractivity contribution >= 4 is 17.6 Å². The van der Waals surface area contributed by atoms with E-state index in [1.54, 1.807) is 14.2 Å². The van der Waals surface area contributed by atoms with Crippen LogP contribution in [0.2, 0.25) is 0 Å². The van der Waals surface area contributed by atoms with Crippen molar-refractivity contribution in [3.63, 3.8) is 0 Å². The highest BCUT2D eigenvalue weighted by Gasteiger charge is 2.27. The van der Waals surface area contributed by atoms with Crippen LogP contribution < -0.4 is 10.2 Å². The maximum absolute atomic E-state index is 12.2. The first-order valence-electron chi connectivity index (χ1n) is 8.67. The third kappa shape index (κ3) is 4.11. The van der Waals surface area contributed by atoms with Gasteiger partial charge in [-0.15, -0.1) is 0 Å². The minimum Gasteiger partial charge on any atom is -0.382 e. The molecule has 1 saturated heterocycles. The Hall–Kier alpha value is -2.12. The summed E-state index contributed by atoms with van der Waals surface area (Å²) < 4.78 is 10.9. The van der Waals surface area contributed by atoms with E-state index in [0.29, 0.717) is 32.7 Å². The summed E-state index contributed by atoms with van der Waals surface area (Å²) in [5.41, 5.74) is 2.13. The van der Waals surface area contributed by atoms with Gasteiger partial charge in [0.25, 0.3) is 0 Å². The standard InChI is InChI=1S/C18H26N4O3/c1-19-18(21-9-10-25-15(12-21)13-24-2)20-7-8-22-16-6-4-3-5-14(16)11-17(22)23/h3-6,15H,7-13H2,1-2H3,(H,19,20). The van der Waals surface area contributed by atoms with Gasteiger partial charge in [0, 0.05) is 46.0 Å². The largest absolute Gasteiger partial charge is 0.382 e. The molecule has 7 heteroatoms. The van der Waals surface area contributed by atoms with E-state index in [1.807, 2.05) is 29.2 Å². The Morgan fingerprint density at radius 3 is 3.08 bits per heavy atom. The van der Waals surface area contributed by atoms with Crippen molar-refractivity contribution in [2.24, 2.45) is 4.99 Å². The molecule has 0 saturated carbocycles. The molecule has 2 aliphatic heterocycles. The number of carbonyl (C=O) groups excluding carboxylic acids is 1. The highest BCUT2D eigenvalue weighted by molar-refractivity contribution is 6.01. The zero-order valence-corrected chi connectivity index (χ0v) is 14.9. The molecule has 2 heterocycles. The molecule has 1 aromatic carbocycles. The molecule has 2 aliphatic rings. The zero-order chi connectivity index (χ0) is 17.6. The molecule has 0 bridgehead atoms. The van der Waals surface area contributed by atoms with Gasteiger partial charge in [0.05, 0.1) is 25.7 Å². The molecular weight excluding hydrogens is 320 g/mol. The predicted molar refractivity (Wildman–Crippen MR) is 97.0 cm³/mol. The van der Waals surface area contributed by atoms with Gasteiger partial charge in [-0.05, 0) is 11.6 Å². The number of fused-ring (bicyclic) bond motifs is 1. The quantitative estimate of drug-likeness (QED) is 0.621. The van der Waals surface area contributed by atoms with Crippen molar-refractivity contribution in [3.8, 4) is 0 Å². The summed E-state index contributed by atoms with van der Waals surface area (Å²) in [5, 5.41) is 3.37. The van der Waals surface area contributed by atoms with Crippen molar-refractivity contribution in [1.29, 1.82) is 0 Å². The summed E-state index contributed by atoms with van der Waals surface area (Å²) >= 11 is 0. The Labute approximate surface area is 148 Å². The van der Waals surface area contributed by atoms with Crippen molar-refractivity contribution < 1.29 is 14.3 Å². The second kappa shape index (κ2) is 8.31. The van der Waals surface area contributed by atoms with Gasteiger partial charge in [-0.2, -0.15) is 0 Å². The summed E-state index contributed by atoms with van der Waals surface area (Å²) in [6.07, 6.45) is 0.553. The minimum atomic E-state index is 0.0596. The van der Waals surface area contributed by atoms with Gasteiger partial charge in [0.15, 0.2) is 5.96 Å². The number of guanidine groups is 1. The van der Waals surface area contributed by atoms with Crippen LogP contribution in [0, 0.1) is 0 Å². The number of morpholine rings is 1. The molecule has 0 aliphatic carbocycles. The van der Waals surface area contributed by atoms with Crippen LogP contribution in [0.5, 0.6) is 0 Å². The van der Waals surface area contributed by atoms with Crippen molar-refractivity contribution in [3.05, 3.63) is 29.8 Å². The predicted octanol–water partition coefficient (Wildman–Crippen LogP) is 0.498. The van der Waals surface area contributed by atoms with E-state index in [0.717, 1.165) is 30.3 Å². The first-order chi connectivity index (χ1) is 12.2. The average molecular weight is 346 g/mol. The van der Waals surface area contributed by atoms with E-state index >= 15 is 0 Å². The highest BCUT2D eigenvalue weighted by atomic mass is 16.5. The Balaban J connectivity index is 1.53. The monoisotopic (exact) mass is 346 g/mol. The van der Waals surface area contributed by atoms with Gasteiger partial charge in [0.2, 0.25) is 5.91 Å². The SMILES string of the molecule is CN=C(NCCN1C(=O)Cc2ccccc21)N1CCOC(COC)C1. The number of ether oxygens (including phenoxy) is 2. The molecule has 1 aromatic rings. The third-order valence-electron chi connectivity index (χ3n) is 4.55. The molecule has 0 aromatic heterocycles. The first-order valence-corrected chi connectivity index (χ1v) is 8.67. The van der Waals surface area contributed by atoms with Crippen LogP contribution in [0.15, 0.2) is 29.3 Å². The number of methoxy groups -OCH3 is 1. The van der Waals surface area contributed by atoms with E-state index in [9.17, 15) is 4.79 Å². The Bertz CT molecular complexity index is 633. The van der Waals surface area contributed by atoms with E-state index in [4.69, 9.17) is 9.47 Å². The molecule has 1 amide bonds. The van der Waals surface area contributed by atoms with Crippen LogP contribution in [-0.4, -0.2) is 76.4 Å².